The Morgan fingerprint density at radius 3 is 2.50 bits per heavy atom. The third-order valence-corrected chi connectivity index (χ3v) is 6.41. The number of Topliss-reactive ketones (excluding diaryl/α,β-unsaturated/α-hetero) is 1. The molecule has 1 aliphatic rings. The maximum atomic E-state index is 12.8. The molecule has 0 amide bonds. The molecule has 178 valence electrons. The van der Waals surface area contributed by atoms with Gasteiger partial charge in [0.15, 0.2) is 6.10 Å². The van der Waals surface area contributed by atoms with E-state index < -0.39 is 35.8 Å². The summed E-state index contributed by atoms with van der Waals surface area (Å²) in [6.07, 6.45) is -2.96. The second-order valence-electron chi connectivity index (χ2n) is 9.29. The zero-order valence-electron chi connectivity index (χ0n) is 19.3. The van der Waals surface area contributed by atoms with E-state index in [0.29, 0.717) is 17.6 Å². The van der Waals surface area contributed by atoms with Gasteiger partial charge in [0, 0.05) is 37.2 Å². The summed E-state index contributed by atoms with van der Waals surface area (Å²) in [6.45, 7) is 7.20. The van der Waals surface area contributed by atoms with Crippen molar-refractivity contribution in [2.45, 2.75) is 83.2 Å². The lowest BCUT2D eigenvalue weighted by Crippen LogP contribution is -2.40. The predicted octanol–water partition coefficient (Wildman–Crippen LogP) is 1.83. The number of hydrogen-bond acceptors (Lipinski definition) is 7. The van der Waals surface area contributed by atoms with Crippen LogP contribution in [0.3, 0.4) is 0 Å². The smallest absolute Gasteiger partial charge is 0.338 e. The van der Waals surface area contributed by atoms with E-state index in [0.717, 1.165) is 5.56 Å². The predicted molar refractivity (Wildman–Crippen MR) is 120 cm³/mol. The highest BCUT2D eigenvalue weighted by molar-refractivity contribution is 5.81. The normalized spacial score (nSPS) is 28.6. The molecule has 4 N–H and O–H groups in total. The largest absolute Gasteiger partial charge is 0.455 e. The number of aliphatic hydroxyl groups is 4. The first-order valence-electron chi connectivity index (χ1n) is 11.1. The van der Waals surface area contributed by atoms with Gasteiger partial charge in [0.1, 0.15) is 11.9 Å². The Morgan fingerprint density at radius 1 is 1.19 bits per heavy atom. The minimum Gasteiger partial charge on any atom is -0.455 e. The monoisotopic (exact) mass is 448 g/mol. The summed E-state index contributed by atoms with van der Waals surface area (Å²) >= 11 is 0. The lowest BCUT2D eigenvalue weighted by molar-refractivity contribution is -0.164. The molecular formula is C25H36O7. The van der Waals surface area contributed by atoms with E-state index in [2.05, 4.69) is 0 Å². The van der Waals surface area contributed by atoms with Gasteiger partial charge in [-0.3, -0.25) is 4.79 Å². The third kappa shape index (κ3) is 6.48. The van der Waals surface area contributed by atoms with E-state index in [1.165, 1.54) is 0 Å². The van der Waals surface area contributed by atoms with Gasteiger partial charge in [-0.2, -0.15) is 0 Å². The van der Waals surface area contributed by atoms with Gasteiger partial charge >= 0.3 is 5.97 Å². The van der Waals surface area contributed by atoms with Gasteiger partial charge in [-0.1, -0.05) is 51.1 Å². The summed E-state index contributed by atoms with van der Waals surface area (Å²) in [5.41, 5.74) is 1.31. The molecule has 0 aliphatic carbocycles. The quantitative estimate of drug-likeness (QED) is 0.409. The van der Waals surface area contributed by atoms with E-state index in [1.54, 1.807) is 31.2 Å². The van der Waals surface area contributed by atoms with Crippen molar-refractivity contribution in [1.29, 1.82) is 0 Å². The first-order valence-corrected chi connectivity index (χ1v) is 11.1. The zero-order chi connectivity index (χ0) is 24.1. The highest BCUT2D eigenvalue weighted by Crippen LogP contribution is 2.31. The molecule has 0 spiro atoms. The Kier molecular flexibility index (Phi) is 9.16. The van der Waals surface area contributed by atoms with Gasteiger partial charge in [0.2, 0.25) is 0 Å². The van der Waals surface area contributed by atoms with Gasteiger partial charge in [-0.25, -0.2) is 4.79 Å². The third-order valence-electron chi connectivity index (χ3n) is 6.41. The SMILES string of the molecule is CC[C@H](/C=C(/C)C1CC(=O)C[C@H](O)C(C)(C)c2cccc(c2)C[C@@H](O)[C@H](O)C(=O)O1)CO. The maximum absolute atomic E-state index is 12.8. The number of benzene rings is 1. The molecule has 1 aromatic rings. The molecule has 0 saturated heterocycles. The lowest BCUT2D eigenvalue weighted by Gasteiger charge is -2.32. The van der Waals surface area contributed by atoms with Crippen LogP contribution in [0.2, 0.25) is 0 Å². The van der Waals surface area contributed by atoms with Gasteiger partial charge in [-0.15, -0.1) is 0 Å². The van der Waals surface area contributed by atoms with Crippen LogP contribution in [0.1, 0.15) is 58.1 Å². The zero-order valence-corrected chi connectivity index (χ0v) is 19.3. The molecule has 1 aliphatic heterocycles. The van der Waals surface area contributed by atoms with Crippen LogP contribution in [0, 0.1) is 5.92 Å². The molecule has 1 unspecified atom stereocenters. The molecule has 0 fully saturated rings. The number of rotatable bonds is 4. The number of ketones is 1. The van der Waals surface area contributed by atoms with Crippen molar-refractivity contribution >= 4 is 11.8 Å². The Balaban J connectivity index is 2.43. The van der Waals surface area contributed by atoms with E-state index in [-0.39, 0.29) is 37.6 Å². The molecule has 1 aromatic carbocycles. The number of hydrogen-bond donors (Lipinski definition) is 4. The minimum atomic E-state index is -1.77. The van der Waals surface area contributed by atoms with Crippen molar-refractivity contribution in [3.05, 3.63) is 47.0 Å². The van der Waals surface area contributed by atoms with Crippen molar-refractivity contribution in [2.75, 3.05) is 6.61 Å². The summed E-state index contributed by atoms with van der Waals surface area (Å²) in [7, 11) is 0. The first-order chi connectivity index (χ1) is 15.0. The number of esters is 1. The fourth-order valence-corrected chi connectivity index (χ4v) is 3.85. The fraction of sp³-hybridized carbons (Fsp3) is 0.600. The van der Waals surface area contributed by atoms with E-state index in [9.17, 15) is 30.0 Å². The number of aliphatic hydroxyl groups excluding tert-OH is 4. The van der Waals surface area contributed by atoms with Crippen molar-refractivity contribution in [2.24, 2.45) is 5.92 Å². The average molecular weight is 449 g/mol. The van der Waals surface area contributed by atoms with Crippen LogP contribution in [-0.4, -0.2) is 63.2 Å². The second kappa shape index (κ2) is 11.2. The average Bonchev–Trinajstić information content (AvgIpc) is 2.75. The number of cyclic esters (lactones) is 1. The Hall–Kier alpha value is -2.06. The first kappa shape index (κ1) is 26.2. The van der Waals surface area contributed by atoms with Gasteiger partial charge < -0.3 is 25.2 Å². The van der Waals surface area contributed by atoms with Crippen LogP contribution >= 0.6 is 0 Å². The molecule has 1 heterocycles. The van der Waals surface area contributed by atoms with Crippen molar-refractivity contribution in [1.82, 2.24) is 0 Å². The highest BCUT2D eigenvalue weighted by Gasteiger charge is 2.35. The molecule has 32 heavy (non-hydrogen) atoms. The van der Waals surface area contributed by atoms with Gasteiger partial charge in [-0.05, 0) is 30.0 Å². The topological polar surface area (TPSA) is 124 Å². The van der Waals surface area contributed by atoms with Crippen molar-refractivity contribution in [3.63, 3.8) is 0 Å². The molecule has 7 nitrogen and oxygen atoms in total. The number of carbonyl (C=O) groups is 2. The van der Waals surface area contributed by atoms with Crippen LogP contribution in [-0.2, 0) is 26.2 Å². The number of fused-ring (bicyclic) bond motifs is 2. The van der Waals surface area contributed by atoms with Gasteiger partial charge in [0.05, 0.1) is 12.2 Å². The molecule has 2 bridgehead atoms. The van der Waals surface area contributed by atoms with E-state index in [1.807, 2.05) is 26.8 Å². The lowest BCUT2D eigenvalue weighted by atomic mass is 9.76. The number of carbonyl (C=O) groups excluding carboxylic acids is 2. The van der Waals surface area contributed by atoms with Crippen LogP contribution in [0.25, 0.3) is 0 Å². The molecule has 7 heteroatoms. The summed E-state index contributed by atoms with van der Waals surface area (Å²) in [4.78, 5) is 25.4. The van der Waals surface area contributed by atoms with Crippen LogP contribution in [0.15, 0.2) is 35.9 Å². The molecule has 5 atom stereocenters. The van der Waals surface area contributed by atoms with Gasteiger partial charge in [0.25, 0.3) is 0 Å². The molecule has 0 radical (unpaired) electrons. The standard InChI is InChI=1S/C25H36O7/c1-5-16(14-26)9-15(2)21-12-19(27)13-22(29)25(3,4)18-8-6-7-17(10-18)11-20(28)23(30)24(31)32-21/h6-10,16,20-23,26,28-30H,5,11-14H2,1-4H3/b15-9-/t16-,20-,21?,22+,23+/m1/s1. The Bertz CT molecular complexity index is 825. The summed E-state index contributed by atoms with van der Waals surface area (Å²) in [5.74, 6) is -1.48. The van der Waals surface area contributed by atoms with Crippen LogP contribution in [0.5, 0.6) is 0 Å². The van der Waals surface area contributed by atoms with E-state index in [4.69, 9.17) is 4.74 Å². The Labute approximate surface area is 189 Å². The van der Waals surface area contributed by atoms with Crippen LogP contribution in [0.4, 0.5) is 0 Å². The summed E-state index contributed by atoms with van der Waals surface area (Å²) < 4.78 is 5.44. The Morgan fingerprint density at radius 2 is 1.88 bits per heavy atom. The molecule has 2 rings (SSSR count). The number of ether oxygens (including phenoxy) is 1. The van der Waals surface area contributed by atoms with Crippen LogP contribution < -0.4 is 0 Å². The highest BCUT2D eigenvalue weighted by atomic mass is 16.6. The second-order valence-corrected chi connectivity index (χ2v) is 9.29. The van der Waals surface area contributed by atoms with E-state index >= 15 is 0 Å². The maximum Gasteiger partial charge on any atom is 0.338 e. The van der Waals surface area contributed by atoms with Crippen molar-refractivity contribution < 1.29 is 34.8 Å². The molecule has 0 aromatic heterocycles. The molecular weight excluding hydrogens is 412 g/mol. The minimum absolute atomic E-state index is 0.0249. The molecule has 0 saturated carbocycles. The van der Waals surface area contributed by atoms with Crippen molar-refractivity contribution in [3.8, 4) is 0 Å². The summed E-state index contributed by atoms with van der Waals surface area (Å²) in [6, 6.07) is 7.19. The fourth-order valence-electron chi connectivity index (χ4n) is 3.85. The summed E-state index contributed by atoms with van der Waals surface area (Å²) in [5, 5.41) is 41.2.